The molecule has 4 heteroatoms. The van der Waals surface area contributed by atoms with Crippen molar-refractivity contribution < 1.29 is 0 Å². The maximum atomic E-state index is 6.99. The fourth-order valence-electron chi connectivity index (χ4n) is 8.28. The van der Waals surface area contributed by atoms with Gasteiger partial charge in [0.15, 0.2) is 0 Å². The van der Waals surface area contributed by atoms with Crippen LogP contribution >= 0.6 is 26.6 Å². The lowest BCUT2D eigenvalue weighted by Crippen LogP contribution is -2.14. The topological polar surface area (TPSA) is 12.0 Å². The predicted molar refractivity (Wildman–Crippen MR) is 222 cm³/mol. The molecule has 2 saturated heterocycles. The molecule has 49 heavy (non-hydrogen) atoms. The van der Waals surface area contributed by atoms with Crippen molar-refractivity contribution in [2.75, 3.05) is 6.54 Å². The molecule has 0 bridgehead atoms. The quantitative estimate of drug-likeness (QED) is 0.142. The minimum atomic E-state index is -0.522. The number of halogens is 1. The molecule has 4 aromatic carbocycles. The van der Waals surface area contributed by atoms with Gasteiger partial charge in [-0.15, -0.1) is 0 Å². The van der Waals surface area contributed by atoms with Crippen LogP contribution in [0.25, 0.3) is 0 Å². The summed E-state index contributed by atoms with van der Waals surface area (Å²) >= 11 is 6.99. The Bertz CT molecular complexity index is 1500. The third-order valence-corrected chi connectivity index (χ3v) is 16.8. The van der Waals surface area contributed by atoms with E-state index < -0.39 is 7.27 Å². The first-order valence-electron chi connectivity index (χ1n) is 18.2. The predicted octanol–water partition coefficient (Wildman–Crippen LogP) is 15.1. The number of hydrogen-bond acceptors (Lipinski definition) is 1. The zero-order valence-electron chi connectivity index (χ0n) is 31.0. The molecular weight excluding hydrogens is 652 g/mol. The van der Waals surface area contributed by atoms with Gasteiger partial charge in [-0.25, -0.2) is 0 Å². The van der Waals surface area contributed by atoms with Gasteiger partial charge in [-0.3, -0.25) is 5.09 Å². The lowest BCUT2D eigenvalue weighted by atomic mass is 9.99. The zero-order valence-corrected chi connectivity index (χ0v) is 33.5. The molecule has 0 aliphatic carbocycles. The highest BCUT2D eigenvalue weighted by Crippen LogP contribution is 2.73. The first kappa shape index (κ1) is 39.8. The molecule has 0 radical (unpaired) electrons. The van der Waals surface area contributed by atoms with Crippen LogP contribution in [0.3, 0.4) is 0 Å². The smallest absolute Gasteiger partial charge is 0.0186 e. The average Bonchev–Trinajstić information content (AvgIpc) is 3.59. The van der Waals surface area contributed by atoms with Crippen LogP contribution in [-0.2, 0) is 0 Å². The lowest BCUT2D eigenvalue weighted by Gasteiger charge is -2.28. The van der Waals surface area contributed by atoms with Crippen molar-refractivity contribution in [3.05, 3.63) is 140 Å². The molecule has 4 aromatic rings. The van der Waals surface area contributed by atoms with Gasteiger partial charge >= 0.3 is 0 Å². The minimum absolute atomic E-state index is 0. The van der Waals surface area contributed by atoms with Crippen LogP contribution in [0.15, 0.2) is 72.8 Å². The monoisotopic (exact) mass is 713 g/mol. The molecule has 2 heterocycles. The number of aryl methyl sites for hydroxylation is 8. The Labute approximate surface area is 307 Å². The van der Waals surface area contributed by atoms with Crippen molar-refractivity contribution in [1.29, 1.82) is 0 Å². The summed E-state index contributed by atoms with van der Waals surface area (Å²) in [6.45, 7) is 21.1. The van der Waals surface area contributed by atoms with Crippen LogP contribution in [-0.4, -0.2) is 6.54 Å². The van der Waals surface area contributed by atoms with Crippen LogP contribution in [0.2, 0.25) is 0 Å². The standard InChI is InChI=1S/C24H34NP.C20H24ClP.CH4/c1-6-7-10-25-26-23(21-13-17(2)11-18(3)14-21)8-9-24(26)22-15-19(4)12-20(5)16-22;1-13-7-14(2)10-17(9-13)19-5-6-20(22(19)21)18-11-15(3)8-16(4)12-18;/h11-16,23-25H,6-10H2,1-5H3;7-12,19-20H,5-6H2,1-4H3;1H4/t23-,24-;19-,20-;/m00./s1. The molecule has 2 fully saturated rings. The van der Waals surface area contributed by atoms with Crippen LogP contribution in [0.5, 0.6) is 0 Å². The summed E-state index contributed by atoms with van der Waals surface area (Å²) in [7, 11) is -0.757. The van der Waals surface area contributed by atoms with Gasteiger partial charge in [0.05, 0.1) is 0 Å². The Hall–Kier alpha value is -2.01. The number of hydrogen-bond donors (Lipinski definition) is 1. The van der Waals surface area contributed by atoms with E-state index in [1.54, 1.807) is 11.1 Å². The molecule has 2 aliphatic heterocycles. The van der Waals surface area contributed by atoms with E-state index in [2.05, 4.69) is 140 Å². The summed E-state index contributed by atoms with van der Waals surface area (Å²) < 4.78 is 0. The molecular formula is C45H62ClNP2. The van der Waals surface area contributed by atoms with Gasteiger partial charge in [-0.1, -0.05) is 149 Å². The SMILES string of the molecule is C.CCCCNP1[C@H](c2cc(C)cc(C)c2)CC[C@H]1c1cc(C)cc(C)c1.Cc1cc(C)cc([C@@H]2CC[C@@H](c3cc(C)cc(C)c3)P2Cl)c1. The highest BCUT2D eigenvalue weighted by Gasteiger charge is 2.38. The van der Waals surface area contributed by atoms with Crippen molar-refractivity contribution in [2.45, 2.75) is 131 Å². The second kappa shape index (κ2) is 18.0. The van der Waals surface area contributed by atoms with Crippen LogP contribution in [0.1, 0.15) is 142 Å². The van der Waals surface area contributed by atoms with Crippen molar-refractivity contribution in [2.24, 2.45) is 0 Å². The molecule has 1 N–H and O–H groups in total. The number of rotatable bonds is 8. The van der Waals surface area contributed by atoms with Gasteiger partial charge in [0, 0.05) is 29.9 Å². The van der Waals surface area contributed by atoms with E-state index >= 15 is 0 Å². The Morgan fingerprint density at radius 2 is 0.755 bits per heavy atom. The molecule has 264 valence electrons. The normalized spacial score (nSPS) is 20.9. The summed E-state index contributed by atoms with van der Waals surface area (Å²) in [5.74, 6) is 0. The molecule has 0 unspecified atom stereocenters. The molecule has 4 atom stereocenters. The zero-order chi connectivity index (χ0) is 34.5. The lowest BCUT2D eigenvalue weighted by molar-refractivity contribution is 0.764. The van der Waals surface area contributed by atoms with E-state index in [-0.39, 0.29) is 15.5 Å². The van der Waals surface area contributed by atoms with Crippen molar-refractivity contribution in [1.82, 2.24) is 5.09 Å². The van der Waals surface area contributed by atoms with Gasteiger partial charge in [0.1, 0.15) is 0 Å². The summed E-state index contributed by atoms with van der Waals surface area (Å²) in [5, 5.41) is 4.02. The number of benzene rings is 4. The summed E-state index contributed by atoms with van der Waals surface area (Å²) in [6.07, 6.45) is 7.60. The molecule has 0 saturated carbocycles. The second-order valence-corrected chi connectivity index (χ2v) is 20.4. The molecule has 1 nitrogen and oxygen atoms in total. The van der Waals surface area contributed by atoms with Crippen molar-refractivity contribution >= 4 is 26.6 Å². The Morgan fingerprint density at radius 3 is 1.04 bits per heavy atom. The fourth-order valence-corrected chi connectivity index (χ4v) is 14.7. The van der Waals surface area contributed by atoms with Crippen molar-refractivity contribution in [3.8, 4) is 0 Å². The largest absolute Gasteiger partial charge is 0.295 e. The van der Waals surface area contributed by atoms with Gasteiger partial charge in [-0.2, -0.15) is 0 Å². The van der Waals surface area contributed by atoms with Gasteiger partial charge in [0.2, 0.25) is 0 Å². The first-order chi connectivity index (χ1) is 22.9. The average molecular weight is 714 g/mol. The summed E-state index contributed by atoms with van der Waals surface area (Å²) in [6, 6.07) is 28.1. The van der Waals surface area contributed by atoms with Gasteiger partial charge in [0.25, 0.3) is 0 Å². The number of nitrogens with one attached hydrogen (secondary N) is 1. The van der Waals surface area contributed by atoms with E-state index in [1.165, 1.54) is 94.2 Å². The first-order valence-corrected chi connectivity index (χ1v) is 22.1. The van der Waals surface area contributed by atoms with E-state index in [0.29, 0.717) is 22.6 Å². The van der Waals surface area contributed by atoms with E-state index in [1.807, 2.05) is 0 Å². The third-order valence-electron chi connectivity index (χ3n) is 10.0. The fraction of sp³-hybridized carbons (Fsp3) is 0.467. The number of unbranched alkanes of at least 4 members (excludes halogenated alkanes) is 1. The molecule has 0 aromatic heterocycles. The van der Waals surface area contributed by atoms with Gasteiger partial charge in [-0.05, 0) is 124 Å². The highest BCUT2D eigenvalue weighted by molar-refractivity contribution is 7.84. The molecule has 0 spiro atoms. The highest BCUT2D eigenvalue weighted by atomic mass is 35.7. The second-order valence-electron chi connectivity index (χ2n) is 14.9. The molecule has 6 rings (SSSR count). The Balaban J connectivity index is 0.000000219. The van der Waals surface area contributed by atoms with Gasteiger partial charge < -0.3 is 0 Å². The van der Waals surface area contributed by atoms with E-state index in [4.69, 9.17) is 11.2 Å². The minimum Gasteiger partial charge on any atom is -0.295 e. The maximum absolute atomic E-state index is 6.99. The maximum Gasteiger partial charge on any atom is 0.0186 e. The molecule has 0 amide bonds. The van der Waals surface area contributed by atoms with Crippen molar-refractivity contribution in [3.63, 3.8) is 0 Å². The van der Waals surface area contributed by atoms with E-state index in [9.17, 15) is 0 Å². The van der Waals surface area contributed by atoms with E-state index in [0.717, 1.165) is 6.54 Å². The Kier molecular flexibility index (Phi) is 14.6. The van der Waals surface area contributed by atoms with Crippen LogP contribution < -0.4 is 5.09 Å². The van der Waals surface area contributed by atoms with Crippen LogP contribution in [0, 0.1) is 55.4 Å². The Morgan fingerprint density at radius 1 is 0.490 bits per heavy atom. The summed E-state index contributed by atoms with van der Waals surface area (Å²) in [4.78, 5) is 0. The molecule has 2 aliphatic rings. The summed E-state index contributed by atoms with van der Waals surface area (Å²) in [5.41, 5.74) is 19.5. The third kappa shape index (κ3) is 10.3. The van der Waals surface area contributed by atoms with Crippen LogP contribution in [0.4, 0.5) is 0 Å².